The van der Waals surface area contributed by atoms with Gasteiger partial charge in [0.25, 0.3) is 0 Å². The third-order valence-electron chi connectivity index (χ3n) is 10.9. The number of benzene rings is 7. The van der Waals surface area contributed by atoms with Crippen LogP contribution in [0, 0.1) is 38.5 Å². The van der Waals surface area contributed by atoms with E-state index in [2.05, 4.69) is 9.95 Å². The van der Waals surface area contributed by atoms with Crippen LogP contribution in [-0.2, 0) is 25.7 Å². The number of ether oxygens (including phenoxy) is 1. The number of nitrogens with zero attached hydrogens (tertiary/aromatic N) is 4. The topological polar surface area (TPSA) is 219 Å². The average molecular weight is 857 g/mol. The summed E-state index contributed by atoms with van der Waals surface area (Å²) in [6.45, 7) is 8.82. The molecule has 0 aliphatic carbocycles. The fraction of sp³-hybridized carbons (Fsp3) is 0.156. The molecule has 7 aromatic carbocycles. The van der Waals surface area contributed by atoms with Crippen molar-refractivity contribution in [2.45, 2.75) is 49.8 Å². The number of aryl methyl sites for hydroxylation is 4. The summed E-state index contributed by atoms with van der Waals surface area (Å²) < 4.78 is 72.6. The molecule has 7 rings (SSSR count). The van der Waals surface area contributed by atoms with Crippen LogP contribution in [-0.4, -0.2) is 29.1 Å². The molecule has 0 radical (unpaired) electrons. The summed E-state index contributed by atoms with van der Waals surface area (Å²) in [6.07, 6.45) is 0. The summed E-state index contributed by atoms with van der Waals surface area (Å²) in [4.78, 5) is 5.40. The molecule has 1 unspecified atom stereocenters. The predicted molar refractivity (Wildman–Crippen MR) is 224 cm³/mol. The lowest BCUT2D eigenvalue weighted by atomic mass is 9.69. The van der Waals surface area contributed by atoms with Crippen molar-refractivity contribution in [3.63, 3.8) is 0 Å². The standard InChI is InChI=1S/C45H36N4O10S2/c1-24-19-29(20-25(2)41(24)50)45(5,28-13-18-37(38(23-28)57-6)58-60(53,54)39-11-7-9-33-31(39)14-16-35(48-46)42(33)51)30-21-26(3)44(27(4)22-30)59-61(55,56)40-12-8-10-34-32(40)15-17-36(49-47)43(34)52/h7-23H,1-6H3,(H-2,50,51,52). The summed E-state index contributed by atoms with van der Waals surface area (Å²) in [7, 11) is -7.76. The molecule has 0 amide bonds. The van der Waals surface area contributed by atoms with Crippen LogP contribution in [0.15, 0.2) is 113 Å². The Hall–Kier alpha value is -7.40. The van der Waals surface area contributed by atoms with Gasteiger partial charge in [0.15, 0.2) is 21.5 Å². The van der Waals surface area contributed by atoms with Gasteiger partial charge in [-0.25, -0.2) is 0 Å². The summed E-state index contributed by atoms with van der Waals surface area (Å²) in [6, 6.07) is 25.3. The van der Waals surface area contributed by atoms with E-state index in [0.717, 1.165) is 5.56 Å². The average Bonchev–Trinajstić information content (AvgIpc) is 3.23. The van der Waals surface area contributed by atoms with Gasteiger partial charge in [0.1, 0.15) is 21.3 Å². The number of rotatable bonds is 10. The molecule has 0 spiro atoms. The SMILES string of the molecule is COc1cc(C(C)(c2cc(C)c(O)c(C)c2)c2cc(C)c(OS(=O)(=O)c3cccc4c([O-])c([N+]#N)ccc34)c(C)c2)ccc1OS(=O)(=O)c1cccc2c([O-])c([N+]#N)ccc12. The number of hydrogen-bond acceptors (Lipinski definition) is 12. The monoisotopic (exact) mass is 856 g/mol. The maximum atomic E-state index is 13.9. The van der Waals surface area contributed by atoms with Crippen LogP contribution in [0.1, 0.15) is 45.9 Å². The third kappa shape index (κ3) is 7.11. The van der Waals surface area contributed by atoms with Gasteiger partial charge in [-0.05, 0) is 132 Å². The lowest BCUT2D eigenvalue weighted by molar-refractivity contribution is -0.265. The van der Waals surface area contributed by atoms with Crippen molar-refractivity contribution in [2.75, 3.05) is 7.11 Å². The largest absolute Gasteiger partial charge is 0.867 e. The number of diazo groups is 2. The highest BCUT2D eigenvalue weighted by molar-refractivity contribution is 7.87. The first-order valence-electron chi connectivity index (χ1n) is 18.5. The Kier molecular flexibility index (Phi) is 10.5. The number of methoxy groups -OCH3 is 1. The van der Waals surface area contributed by atoms with Gasteiger partial charge in [-0.2, -0.15) is 16.8 Å². The second-order valence-corrected chi connectivity index (χ2v) is 17.7. The molecule has 0 heterocycles. The summed E-state index contributed by atoms with van der Waals surface area (Å²) in [5.41, 5.74) is 2.47. The van der Waals surface area contributed by atoms with Crippen molar-refractivity contribution in [3.8, 4) is 34.5 Å². The van der Waals surface area contributed by atoms with E-state index < -0.39 is 37.2 Å². The molecule has 7 aromatic rings. The molecule has 61 heavy (non-hydrogen) atoms. The van der Waals surface area contributed by atoms with Crippen molar-refractivity contribution >= 4 is 53.2 Å². The molecule has 0 saturated heterocycles. The molecule has 1 atom stereocenters. The van der Waals surface area contributed by atoms with E-state index in [4.69, 9.17) is 13.1 Å². The first-order chi connectivity index (χ1) is 28.9. The Morgan fingerprint density at radius 2 is 1.03 bits per heavy atom. The van der Waals surface area contributed by atoms with Crippen molar-refractivity contribution in [1.82, 2.24) is 0 Å². The van der Waals surface area contributed by atoms with Crippen molar-refractivity contribution in [1.29, 1.82) is 10.8 Å². The van der Waals surface area contributed by atoms with Gasteiger partial charge < -0.3 is 28.4 Å². The summed E-state index contributed by atoms with van der Waals surface area (Å²) >= 11 is 0. The number of aromatic hydroxyl groups is 1. The Labute approximate surface area is 351 Å². The maximum Gasteiger partial charge on any atom is 0.378 e. The zero-order valence-corrected chi connectivity index (χ0v) is 35.2. The molecule has 0 saturated carbocycles. The van der Waals surface area contributed by atoms with E-state index in [1.54, 1.807) is 52.0 Å². The van der Waals surface area contributed by atoms with Crippen molar-refractivity contribution in [3.05, 3.63) is 152 Å². The van der Waals surface area contributed by atoms with Gasteiger partial charge in [0, 0.05) is 28.3 Å². The molecule has 1 N–H and O–H groups in total. The smallest absolute Gasteiger partial charge is 0.378 e. The minimum Gasteiger partial charge on any atom is -0.867 e. The van der Waals surface area contributed by atoms with E-state index in [1.807, 2.05) is 19.1 Å². The Balaban J connectivity index is 1.32. The Bertz CT molecular complexity index is 3260. The van der Waals surface area contributed by atoms with Crippen molar-refractivity contribution in [2.24, 2.45) is 0 Å². The van der Waals surface area contributed by atoms with Gasteiger partial charge >= 0.3 is 31.6 Å². The molecule has 0 fully saturated rings. The van der Waals surface area contributed by atoms with E-state index >= 15 is 0 Å². The first-order valence-corrected chi connectivity index (χ1v) is 21.3. The van der Waals surface area contributed by atoms with E-state index in [9.17, 15) is 42.9 Å². The lowest BCUT2D eigenvalue weighted by Gasteiger charge is -2.34. The van der Waals surface area contributed by atoms with Gasteiger partial charge in [0.2, 0.25) is 10.8 Å². The highest BCUT2D eigenvalue weighted by Crippen LogP contribution is 2.46. The number of phenols is 1. The van der Waals surface area contributed by atoms with Crippen LogP contribution in [0.5, 0.6) is 34.5 Å². The Morgan fingerprint density at radius 1 is 0.574 bits per heavy atom. The second-order valence-electron chi connectivity index (χ2n) is 14.7. The predicted octanol–water partition coefficient (Wildman–Crippen LogP) is 8.95. The Morgan fingerprint density at radius 3 is 1.49 bits per heavy atom. The van der Waals surface area contributed by atoms with Crippen LogP contribution < -0.4 is 23.3 Å². The van der Waals surface area contributed by atoms with Gasteiger partial charge in [-0.1, -0.05) is 54.6 Å². The van der Waals surface area contributed by atoms with E-state index in [-0.39, 0.29) is 65.7 Å². The quantitative estimate of drug-likeness (QED) is 0.0774. The van der Waals surface area contributed by atoms with Crippen LogP contribution in [0.25, 0.3) is 31.5 Å². The summed E-state index contributed by atoms with van der Waals surface area (Å²) in [5.74, 6) is -1.27. The molecule has 0 aliphatic heterocycles. The lowest BCUT2D eigenvalue weighted by Crippen LogP contribution is -2.26. The van der Waals surface area contributed by atoms with Crippen LogP contribution >= 0.6 is 0 Å². The minimum atomic E-state index is -4.58. The number of phenolic OH excluding ortho intramolecular Hbond substituents is 1. The highest BCUT2D eigenvalue weighted by Gasteiger charge is 2.35. The number of fused-ring (bicyclic) bond motifs is 2. The number of hydrogen-bond donors (Lipinski definition) is 1. The molecular formula is C45H36N4O10S2. The zero-order valence-electron chi connectivity index (χ0n) is 33.5. The zero-order chi connectivity index (χ0) is 44.2. The molecular weight excluding hydrogens is 821 g/mol. The van der Waals surface area contributed by atoms with Crippen LogP contribution in [0.2, 0.25) is 0 Å². The second kappa shape index (κ2) is 15.3. The highest BCUT2D eigenvalue weighted by atomic mass is 32.2. The summed E-state index contributed by atoms with van der Waals surface area (Å²) in [5, 5.41) is 55.0. The molecule has 16 heteroatoms. The minimum absolute atomic E-state index is 0.0116. The fourth-order valence-electron chi connectivity index (χ4n) is 7.65. The van der Waals surface area contributed by atoms with Gasteiger partial charge in [-0.3, -0.25) is 0 Å². The van der Waals surface area contributed by atoms with Crippen molar-refractivity contribution < 1.29 is 45.3 Å². The molecule has 0 aliphatic rings. The first kappa shape index (κ1) is 41.7. The maximum absolute atomic E-state index is 13.9. The molecule has 0 bridgehead atoms. The third-order valence-corrected chi connectivity index (χ3v) is 13.5. The van der Waals surface area contributed by atoms with Gasteiger partial charge in [-0.15, -0.1) is 0 Å². The normalized spacial score (nSPS) is 12.7. The molecule has 14 nitrogen and oxygen atoms in total. The van der Waals surface area contributed by atoms with Crippen LogP contribution in [0.3, 0.4) is 0 Å². The van der Waals surface area contributed by atoms with Crippen LogP contribution in [0.4, 0.5) is 11.4 Å². The molecule has 308 valence electrons. The fourth-order valence-corrected chi connectivity index (χ4v) is 10.1. The molecule has 0 aromatic heterocycles. The van der Waals surface area contributed by atoms with E-state index in [1.165, 1.54) is 73.8 Å². The van der Waals surface area contributed by atoms with Gasteiger partial charge in [0.05, 0.1) is 7.11 Å². The van der Waals surface area contributed by atoms with E-state index in [0.29, 0.717) is 33.4 Å².